The van der Waals surface area contributed by atoms with Crippen molar-refractivity contribution >= 4 is 23.9 Å². The van der Waals surface area contributed by atoms with E-state index < -0.39 is 23.9 Å². The lowest BCUT2D eigenvalue weighted by Crippen LogP contribution is -2.18. The van der Waals surface area contributed by atoms with Gasteiger partial charge < -0.3 is 18.9 Å². The first-order valence-electron chi connectivity index (χ1n) is 12.1. The molecule has 0 saturated heterocycles. The van der Waals surface area contributed by atoms with Crippen LogP contribution < -0.4 is 9.47 Å². The minimum absolute atomic E-state index is 0.125. The van der Waals surface area contributed by atoms with Crippen LogP contribution in [0.2, 0.25) is 0 Å². The van der Waals surface area contributed by atoms with Gasteiger partial charge in [0.2, 0.25) is 0 Å². The summed E-state index contributed by atoms with van der Waals surface area (Å²) in [5, 5.41) is 0. The van der Waals surface area contributed by atoms with Crippen molar-refractivity contribution in [3.05, 3.63) is 81.9 Å². The van der Waals surface area contributed by atoms with Crippen LogP contribution in [0.4, 0.5) is 0 Å². The average molecular weight is 515 g/mol. The first-order chi connectivity index (χ1) is 17.7. The van der Waals surface area contributed by atoms with Crippen LogP contribution in [0.1, 0.15) is 94.1 Å². The molecule has 0 unspecified atom stereocenters. The quantitative estimate of drug-likeness (QED) is 0.287. The second kappa shape index (κ2) is 8.55. The van der Waals surface area contributed by atoms with Crippen LogP contribution in [-0.4, -0.2) is 23.9 Å². The number of fused-ring (bicyclic) bond motifs is 2. The Morgan fingerprint density at radius 1 is 0.553 bits per heavy atom. The number of ether oxygens (including phenoxy) is 4. The van der Waals surface area contributed by atoms with E-state index >= 15 is 0 Å². The van der Waals surface area contributed by atoms with Gasteiger partial charge in [0.1, 0.15) is 11.5 Å². The van der Waals surface area contributed by atoms with Gasteiger partial charge in [-0.25, -0.2) is 19.2 Å². The van der Waals surface area contributed by atoms with Crippen molar-refractivity contribution in [2.75, 3.05) is 0 Å². The maximum Gasteiger partial charge on any atom is 0.347 e. The Bertz CT molecular complexity index is 1550. The second-order valence-corrected chi connectivity index (χ2v) is 11.3. The molecule has 0 aromatic heterocycles. The first-order valence-corrected chi connectivity index (χ1v) is 12.1. The molecule has 0 atom stereocenters. The van der Waals surface area contributed by atoms with Gasteiger partial charge in [-0.3, -0.25) is 0 Å². The third kappa shape index (κ3) is 4.42. The van der Waals surface area contributed by atoms with E-state index in [9.17, 15) is 19.2 Å². The maximum absolute atomic E-state index is 12.1. The van der Waals surface area contributed by atoms with Crippen molar-refractivity contribution in [3.63, 3.8) is 0 Å². The normalized spacial score (nSPS) is 14.7. The van der Waals surface area contributed by atoms with Crippen molar-refractivity contribution in [2.24, 2.45) is 0 Å². The molecule has 0 amide bonds. The van der Waals surface area contributed by atoms with Gasteiger partial charge in [0.25, 0.3) is 0 Å². The fourth-order valence-corrected chi connectivity index (χ4v) is 4.27. The lowest BCUT2D eigenvalue weighted by Gasteiger charge is -2.29. The number of carbonyl (C=O) groups excluding carboxylic acids is 4. The van der Waals surface area contributed by atoms with Gasteiger partial charge in [0.05, 0.1) is 22.3 Å². The monoisotopic (exact) mass is 514 g/mol. The van der Waals surface area contributed by atoms with Crippen LogP contribution in [-0.2, 0) is 20.3 Å². The highest BCUT2D eigenvalue weighted by atomic mass is 16.6. The smallest absolute Gasteiger partial charge is 0.347 e. The highest BCUT2D eigenvalue weighted by Gasteiger charge is 2.33. The van der Waals surface area contributed by atoms with E-state index in [4.69, 9.17) is 18.9 Å². The van der Waals surface area contributed by atoms with E-state index in [1.807, 2.05) is 26.8 Å². The molecule has 8 heteroatoms. The minimum Gasteiger partial charge on any atom is -0.453 e. The molecule has 2 aliphatic rings. The predicted octanol–water partition coefficient (Wildman–Crippen LogP) is 6.49. The van der Waals surface area contributed by atoms with E-state index in [0.29, 0.717) is 23.0 Å². The molecule has 5 rings (SSSR count). The Balaban J connectivity index is 1.65. The zero-order chi connectivity index (χ0) is 27.6. The standard InChI is InChI=1S/C30H26O8/c1-29(2,3)15-11-22(30(4,5)6)24(36-17-8-10-19-21(14-17)28(34)38-26(19)32)23(12-15)35-16-7-9-18-20(13-16)27(33)37-25(18)31/h7-14H,1-6H3. The van der Waals surface area contributed by atoms with Gasteiger partial charge in [0, 0.05) is 5.56 Å². The van der Waals surface area contributed by atoms with E-state index in [2.05, 4.69) is 26.8 Å². The Hall–Kier alpha value is -4.46. The number of esters is 4. The van der Waals surface area contributed by atoms with Crippen LogP contribution in [0.25, 0.3) is 0 Å². The third-order valence-electron chi connectivity index (χ3n) is 6.41. The molecule has 3 aromatic carbocycles. The third-order valence-corrected chi connectivity index (χ3v) is 6.41. The summed E-state index contributed by atoms with van der Waals surface area (Å²) < 4.78 is 22.1. The molecule has 0 radical (unpaired) electrons. The Kier molecular flexibility index (Phi) is 5.67. The molecular weight excluding hydrogens is 488 g/mol. The largest absolute Gasteiger partial charge is 0.453 e. The van der Waals surface area contributed by atoms with Gasteiger partial charge >= 0.3 is 23.9 Å². The Morgan fingerprint density at radius 2 is 1.03 bits per heavy atom. The van der Waals surface area contributed by atoms with Crippen molar-refractivity contribution < 1.29 is 38.1 Å². The highest BCUT2D eigenvalue weighted by molar-refractivity contribution is 6.15. The number of benzene rings is 3. The van der Waals surface area contributed by atoms with Crippen molar-refractivity contribution in [1.29, 1.82) is 0 Å². The first kappa shape index (κ1) is 25.2. The summed E-state index contributed by atoms with van der Waals surface area (Å²) in [4.78, 5) is 48.0. The maximum atomic E-state index is 12.1. The molecule has 0 bridgehead atoms. The zero-order valence-electron chi connectivity index (χ0n) is 21.9. The van der Waals surface area contributed by atoms with Crippen molar-refractivity contribution in [2.45, 2.75) is 52.4 Å². The molecular formula is C30H26O8. The summed E-state index contributed by atoms with van der Waals surface area (Å²) >= 11 is 0. The molecule has 38 heavy (non-hydrogen) atoms. The van der Waals surface area contributed by atoms with Gasteiger partial charge in [-0.2, -0.15) is 0 Å². The van der Waals surface area contributed by atoms with E-state index in [1.165, 1.54) is 24.3 Å². The van der Waals surface area contributed by atoms with Crippen LogP contribution in [0.5, 0.6) is 23.0 Å². The molecule has 8 nitrogen and oxygen atoms in total. The van der Waals surface area contributed by atoms with Gasteiger partial charge in [0.15, 0.2) is 11.5 Å². The molecule has 2 aliphatic heterocycles. The molecule has 0 spiro atoms. The Labute approximate surface area is 219 Å². The zero-order valence-corrected chi connectivity index (χ0v) is 21.9. The summed E-state index contributed by atoms with van der Waals surface area (Å²) in [5.74, 6) is -1.44. The van der Waals surface area contributed by atoms with Crippen LogP contribution in [0.3, 0.4) is 0 Å². The lowest BCUT2D eigenvalue weighted by molar-refractivity contribution is 0.0425. The number of hydrogen-bond acceptors (Lipinski definition) is 8. The summed E-state index contributed by atoms with van der Waals surface area (Å²) in [6.45, 7) is 12.4. The van der Waals surface area contributed by atoms with E-state index in [1.54, 1.807) is 12.1 Å². The summed E-state index contributed by atoms with van der Waals surface area (Å²) in [5.41, 5.74) is 1.82. The molecule has 3 aromatic rings. The molecule has 2 heterocycles. The molecule has 0 saturated carbocycles. The molecule has 0 N–H and O–H groups in total. The van der Waals surface area contributed by atoms with Crippen LogP contribution >= 0.6 is 0 Å². The summed E-state index contributed by atoms with van der Waals surface area (Å²) in [6, 6.07) is 13.0. The van der Waals surface area contributed by atoms with Gasteiger partial charge in [-0.1, -0.05) is 47.6 Å². The van der Waals surface area contributed by atoms with Gasteiger partial charge in [-0.05, 0) is 58.9 Å². The van der Waals surface area contributed by atoms with Crippen LogP contribution in [0, 0.1) is 0 Å². The van der Waals surface area contributed by atoms with Crippen LogP contribution in [0.15, 0.2) is 48.5 Å². The lowest BCUT2D eigenvalue weighted by atomic mass is 9.80. The number of rotatable bonds is 4. The molecule has 194 valence electrons. The predicted molar refractivity (Wildman–Crippen MR) is 136 cm³/mol. The SMILES string of the molecule is CC(C)(C)c1cc(Oc2ccc3c(c2)C(=O)OC3=O)c(Oc2ccc3c(c2)C(=O)OC3=O)c(C(C)(C)C)c1. The fraction of sp³-hybridized carbons (Fsp3) is 0.267. The Morgan fingerprint density at radius 3 is 1.50 bits per heavy atom. The number of cyclic esters (lactones) is 4. The minimum atomic E-state index is -0.731. The topological polar surface area (TPSA) is 105 Å². The van der Waals surface area contributed by atoms with Crippen molar-refractivity contribution in [1.82, 2.24) is 0 Å². The summed E-state index contributed by atoms with van der Waals surface area (Å²) in [7, 11) is 0. The number of carbonyl (C=O) groups is 4. The highest BCUT2D eigenvalue weighted by Crippen LogP contribution is 2.46. The molecule has 0 aliphatic carbocycles. The summed E-state index contributed by atoms with van der Waals surface area (Å²) in [6.07, 6.45) is 0. The van der Waals surface area contributed by atoms with Gasteiger partial charge in [-0.15, -0.1) is 0 Å². The van der Waals surface area contributed by atoms with Crippen molar-refractivity contribution in [3.8, 4) is 23.0 Å². The number of hydrogen-bond donors (Lipinski definition) is 0. The van der Waals surface area contributed by atoms with E-state index in [0.717, 1.165) is 11.1 Å². The average Bonchev–Trinajstić information content (AvgIpc) is 3.27. The van der Waals surface area contributed by atoms with E-state index in [-0.39, 0.29) is 33.1 Å². The fourth-order valence-electron chi connectivity index (χ4n) is 4.27. The second-order valence-electron chi connectivity index (χ2n) is 11.3. The molecule has 0 fully saturated rings.